The van der Waals surface area contributed by atoms with Gasteiger partial charge < -0.3 is 14.2 Å². The van der Waals surface area contributed by atoms with E-state index in [1.54, 1.807) is 33.5 Å². The Balaban J connectivity index is 1.31. The standard InChI is InChI=1S/C41H41Cl2F3N6O3Si/c1-25-18-35-32(23-50(25)37(53)27-16-17-33(42)34(43)19-27)36-38(54)51(26(2)28-20-47-39(48-21-28)41(44,45)46)22-29(52(36)49-35)24-55-56(40(3,4)5,30-12-8-6-9-13-30)31-14-10-7-11-15-31/h6-17,19-21,25-26,29H,18,22-24H2,1-5H3/t25-,26?,29+/m1/s1. The second kappa shape index (κ2) is 15.1. The second-order valence-corrected chi connectivity index (χ2v) is 20.6. The van der Waals surface area contributed by atoms with Crippen molar-refractivity contribution in [2.45, 2.75) is 76.9 Å². The fraction of sp³-hybridized carbons (Fsp3) is 0.341. The van der Waals surface area contributed by atoms with Crippen LogP contribution in [0.1, 0.15) is 90.2 Å². The van der Waals surface area contributed by atoms with Crippen molar-refractivity contribution in [3.8, 4) is 0 Å². The fourth-order valence-electron chi connectivity index (χ4n) is 7.96. The number of rotatable bonds is 8. The Morgan fingerprint density at radius 2 is 1.55 bits per heavy atom. The lowest BCUT2D eigenvalue weighted by Gasteiger charge is -2.45. The average molecular weight is 822 g/mol. The Kier molecular flexibility index (Phi) is 10.7. The Morgan fingerprint density at radius 3 is 2.11 bits per heavy atom. The molecule has 2 amide bonds. The van der Waals surface area contributed by atoms with Gasteiger partial charge in [0.05, 0.1) is 41.0 Å². The molecule has 15 heteroatoms. The molecule has 4 heterocycles. The first-order chi connectivity index (χ1) is 26.5. The van der Waals surface area contributed by atoms with Gasteiger partial charge in [0.2, 0.25) is 5.82 Å². The van der Waals surface area contributed by atoms with E-state index >= 15 is 0 Å². The molecule has 3 aromatic carbocycles. The highest BCUT2D eigenvalue weighted by molar-refractivity contribution is 6.99. The number of fused-ring (bicyclic) bond motifs is 3. The van der Waals surface area contributed by atoms with Crippen LogP contribution in [0.5, 0.6) is 0 Å². The molecular weight excluding hydrogens is 780 g/mol. The van der Waals surface area contributed by atoms with Gasteiger partial charge in [0.15, 0.2) is 0 Å². The number of hydrogen-bond acceptors (Lipinski definition) is 6. The molecular formula is C41H41Cl2F3N6O3Si. The number of benzene rings is 3. The van der Waals surface area contributed by atoms with E-state index in [0.717, 1.165) is 22.8 Å². The molecule has 5 aromatic rings. The van der Waals surface area contributed by atoms with Crippen LogP contribution in [-0.4, -0.2) is 68.9 Å². The van der Waals surface area contributed by atoms with Gasteiger partial charge in [-0.2, -0.15) is 18.3 Å². The van der Waals surface area contributed by atoms with Gasteiger partial charge in [0.1, 0.15) is 5.69 Å². The van der Waals surface area contributed by atoms with Crippen LogP contribution in [0.2, 0.25) is 15.1 Å². The predicted molar refractivity (Wildman–Crippen MR) is 211 cm³/mol. The van der Waals surface area contributed by atoms with Crippen molar-refractivity contribution in [1.82, 2.24) is 29.5 Å². The summed E-state index contributed by atoms with van der Waals surface area (Å²) in [4.78, 5) is 39.1. The minimum atomic E-state index is -4.71. The third-order valence-electron chi connectivity index (χ3n) is 10.9. The number of carbonyl (C=O) groups is 2. The first-order valence-corrected chi connectivity index (χ1v) is 21.0. The maximum atomic E-state index is 14.7. The van der Waals surface area contributed by atoms with Crippen LogP contribution in [0.15, 0.2) is 91.3 Å². The van der Waals surface area contributed by atoms with E-state index in [9.17, 15) is 22.8 Å². The molecule has 0 radical (unpaired) electrons. The quantitative estimate of drug-likeness (QED) is 0.148. The van der Waals surface area contributed by atoms with Crippen LogP contribution in [-0.2, 0) is 23.6 Å². The van der Waals surface area contributed by atoms with E-state index < -0.39 is 32.4 Å². The lowest BCUT2D eigenvalue weighted by Crippen LogP contribution is -2.67. The van der Waals surface area contributed by atoms with E-state index in [4.69, 9.17) is 32.7 Å². The Morgan fingerprint density at radius 1 is 0.946 bits per heavy atom. The van der Waals surface area contributed by atoms with Gasteiger partial charge in [-0.1, -0.05) is 105 Å². The zero-order valence-corrected chi connectivity index (χ0v) is 34.0. The molecule has 0 spiro atoms. The normalized spacial score (nSPS) is 18.1. The molecule has 56 heavy (non-hydrogen) atoms. The smallest absolute Gasteiger partial charge is 0.405 e. The van der Waals surface area contributed by atoms with Crippen molar-refractivity contribution >= 4 is 53.7 Å². The van der Waals surface area contributed by atoms with Crippen molar-refractivity contribution < 1.29 is 27.2 Å². The number of alkyl halides is 3. The van der Waals surface area contributed by atoms with Crippen LogP contribution >= 0.6 is 23.2 Å². The molecule has 0 N–H and O–H groups in total. The molecule has 2 aromatic heterocycles. The van der Waals surface area contributed by atoms with Gasteiger partial charge in [-0.05, 0) is 47.5 Å². The molecule has 9 nitrogen and oxygen atoms in total. The summed E-state index contributed by atoms with van der Waals surface area (Å²) in [5, 5.41) is 7.47. The van der Waals surface area contributed by atoms with Gasteiger partial charge in [-0.25, -0.2) is 9.97 Å². The minimum Gasteiger partial charge on any atom is -0.405 e. The molecule has 2 aliphatic heterocycles. The van der Waals surface area contributed by atoms with E-state index in [1.807, 2.05) is 43.3 Å². The molecule has 2 aliphatic rings. The summed E-state index contributed by atoms with van der Waals surface area (Å²) in [6, 6.07) is 23.7. The summed E-state index contributed by atoms with van der Waals surface area (Å²) in [7, 11) is -3.05. The van der Waals surface area contributed by atoms with E-state index in [-0.39, 0.29) is 47.6 Å². The fourth-order valence-corrected chi connectivity index (χ4v) is 12.9. The topological polar surface area (TPSA) is 93.4 Å². The zero-order valence-electron chi connectivity index (χ0n) is 31.5. The number of halogens is 5. The van der Waals surface area contributed by atoms with Gasteiger partial charge in [0.25, 0.3) is 20.1 Å². The Hall–Kier alpha value is -4.56. The number of carbonyl (C=O) groups excluding carboxylic acids is 2. The van der Waals surface area contributed by atoms with E-state index in [1.165, 1.54) is 6.07 Å². The van der Waals surface area contributed by atoms with E-state index in [0.29, 0.717) is 39.5 Å². The second-order valence-electron chi connectivity index (χ2n) is 15.4. The summed E-state index contributed by atoms with van der Waals surface area (Å²) in [5.41, 5.74) is 2.31. The number of aromatic nitrogens is 4. The largest absolute Gasteiger partial charge is 0.451 e. The Bertz CT molecular complexity index is 2210. The molecule has 0 saturated carbocycles. The van der Waals surface area contributed by atoms with Gasteiger partial charge in [-0.3, -0.25) is 14.3 Å². The Labute approximate surface area is 334 Å². The van der Waals surface area contributed by atoms with Crippen LogP contribution < -0.4 is 10.4 Å². The average Bonchev–Trinajstić information content (AvgIpc) is 3.55. The highest BCUT2D eigenvalue weighted by atomic mass is 35.5. The molecule has 3 atom stereocenters. The summed E-state index contributed by atoms with van der Waals surface area (Å²) < 4.78 is 49.3. The molecule has 7 rings (SSSR count). The van der Waals surface area contributed by atoms with Crippen LogP contribution in [0.4, 0.5) is 13.2 Å². The van der Waals surface area contributed by atoms with Crippen LogP contribution in [0, 0.1) is 0 Å². The summed E-state index contributed by atoms with van der Waals surface area (Å²) in [6.45, 7) is 10.6. The SMILES string of the molecule is CC(c1cnc(C(F)(F)F)nc1)N1C[C@@H](CO[Si](c2ccccc2)(c2ccccc2)C(C)(C)C)n2nc3c(c2C1=O)CN(C(=O)c1ccc(Cl)c(Cl)c1)[C@H](C)C3. The minimum absolute atomic E-state index is 0.102. The van der Waals surface area contributed by atoms with Crippen molar-refractivity contribution in [2.24, 2.45) is 0 Å². The zero-order chi connectivity index (χ0) is 40.2. The van der Waals surface area contributed by atoms with Crippen LogP contribution in [0.3, 0.4) is 0 Å². The number of hydrogen-bond donors (Lipinski definition) is 0. The third-order valence-corrected chi connectivity index (χ3v) is 16.6. The highest BCUT2D eigenvalue weighted by Crippen LogP contribution is 2.40. The molecule has 0 aliphatic carbocycles. The maximum Gasteiger partial charge on any atom is 0.451 e. The van der Waals surface area contributed by atoms with E-state index in [2.05, 4.69) is 55.0 Å². The predicted octanol–water partition coefficient (Wildman–Crippen LogP) is 7.92. The lowest BCUT2D eigenvalue weighted by molar-refractivity contribution is -0.145. The van der Waals surface area contributed by atoms with Gasteiger partial charge >= 0.3 is 6.18 Å². The first-order valence-electron chi connectivity index (χ1n) is 18.3. The van der Waals surface area contributed by atoms with Crippen LogP contribution in [0.25, 0.3) is 0 Å². The summed E-state index contributed by atoms with van der Waals surface area (Å²) in [5.74, 6) is -1.91. The van der Waals surface area contributed by atoms with Gasteiger partial charge in [0, 0.05) is 48.1 Å². The summed E-state index contributed by atoms with van der Waals surface area (Å²) in [6.07, 6.45) is -2.10. The third kappa shape index (κ3) is 7.14. The summed E-state index contributed by atoms with van der Waals surface area (Å²) >= 11 is 12.4. The molecule has 0 fully saturated rings. The van der Waals surface area contributed by atoms with Gasteiger partial charge in [-0.15, -0.1) is 0 Å². The van der Waals surface area contributed by atoms with Crippen molar-refractivity contribution in [3.05, 3.63) is 135 Å². The molecule has 292 valence electrons. The molecule has 0 saturated heterocycles. The van der Waals surface area contributed by atoms with Crippen molar-refractivity contribution in [1.29, 1.82) is 0 Å². The van der Waals surface area contributed by atoms with Crippen molar-refractivity contribution in [2.75, 3.05) is 13.2 Å². The monoisotopic (exact) mass is 820 g/mol. The number of nitrogens with zero attached hydrogens (tertiary/aromatic N) is 6. The molecule has 0 bridgehead atoms. The highest BCUT2D eigenvalue weighted by Gasteiger charge is 2.51. The lowest BCUT2D eigenvalue weighted by atomic mass is 9.96. The van der Waals surface area contributed by atoms with Crippen molar-refractivity contribution in [3.63, 3.8) is 0 Å². The first kappa shape index (κ1) is 39.7. The molecule has 1 unspecified atom stereocenters. The number of amides is 2. The maximum absolute atomic E-state index is 14.7.